The Kier molecular flexibility index (Phi) is 5.82. The van der Waals surface area contributed by atoms with Gasteiger partial charge in [-0.05, 0) is 69.9 Å². The number of ether oxygens (including phenoxy) is 3. The molecule has 0 spiro atoms. The van der Waals surface area contributed by atoms with Gasteiger partial charge >= 0.3 is 6.16 Å². The molecule has 0 saturated heterocycles. The minimum atomic E-state index is -0.990. The van der Waals surface area contributed by atoms with Crippen LogP contribution in [0.2, 0.25) is 0 Å². The van der Waals surface area contributed by atoms with Crippen LogP contribution in [-0.4, -0.2) is 24.3 Å². The van der Waals surface area contributed by atoms with E-state index in [9.17, 15) is 9.59 Å². The van der Waals surface area contributed by atoms with E-state index in [1.165, 1.54) is 0 Å². The number of hydrogen-bond acceptors (Lipinski definition) is 5. The first kappa shape index (κ1) is 20.7. The normalized spacial score (nSPS) is 17.7. The Morgan fingerprint density at radius 3 is 2.45 bits per heavy atom. The molecule has 2 aromatic rings. The zero-order chi connectivity index (χ0) is 21.2. The van der Waals surface area contributed by atoms with Gasteiger partial charge < -0.3 is 19.5 Å². The standard InChI is InChI=1S/C23H27NO5/c1-6-27-22(26)28-19-14(2)15(3)20-18(16(19)4)12-13-23(5,29-20)21(25)24-17-10-8-7-9-11-17/h7-11H,6,12-13H2,1-5H3,(H,24,25). The lowest BCUT2D eigenvalue weighted by Crippen LogP contribution is -2.48. The van der Waals surface area contributed by atoms with Gasteiger partial charge in [-0.1, -0.05) is 18.2 Å². The quantitative estimate of drug-likeness (QED) is 0.589. The highest BCUT2D eigenvalue weighted by molar-refractivity contribution is 5.97. The van der Waals surface area contributed by atoms with Crippen LogP contribution < -0.4 is 14.8 Å². The first-order valence-corrected chi connectivity index (χ1v) is 9.79. The Morgan fingerprint density at radius 2 is 1.79 bits per heavy atom. The molecule has 0 aliphatic carbocycles. The van der Waals surface area contributed by atoms with Crippen LogP contribution in [-0.2, 0) is 16.0 Å². The van der Waals surface area contributed by atoms with E-state index in [4.69, 9.17) is 14.2 Å². The number of benzene rings is 2. The lowest BCUT2D eigenvalue weighted by Gasteiger charge is -2.36. The predicted octanol–water partition coefficient (Wildman–Crippen LogP) is 4.87. The van der Waals surface area contributed by atoms with Crippen LogP contribution in [0.3, 0.4) is 0 Å². The SMILES string of the molecule is CCOC(=O)Oc1c(C)c(C)c2c(c1C)CCC(C)(C(=O)Nc1ccccc1)O2. The number of anilines is 1. The molecule has 1 atom stereocenters. The fourth-order valence-electron chi connectivity index (χ4n) is 3.56. The molecule has 6 heteroatoms. The fourth-order valence-corrected chi connectivity index (χ4v) is 3.56. The van der Waals surface area contributed by atoms with Crippen molar-refractivity contribution in [1.82, 2.24) is 0 Å². The molecule has 0 fully saturated rings. The maximum Gasteiger partial charge on any atom is 0.513 e. The topological polar surface area (TPSA) is 73.9 Å². The van der Waals surface area contributed by atoms with Crippen LogP contribution in [0.4, 0.5) is 10.5 Å². The molecule has 2 aromatic carbocycles. The van der Waals surface area contributed by atoms with E-state index in [1.54, 1.807) is 13.8 Å². The lowest BCUT2D eigenvalue weighted by atomic mass is 9.86. The molecule has 0 radical (unpaired) electrons. The Labute approximate surface area is 171 Å². The van der Waals surface area contributed by atoms with Gasteiger partial charge in [0.15, 0.2) is 5.60 Å². The maximum atomic E-state index is 12.9. The van der Waals surface area contributed by atoms with Crippen LogP contribution in [0.5, 0.6) is 11.5 Å². The number of amides is 1. The van der Waals surface area contributed by atoms with Crippen LogP contribution in [0, 0.1) is 20.8 Å². The van der Waals surface area contributed by atoms with E-state index < -0.39 is 11.8 Å². The largest absolute Gasteiger partial charge is 0.513 e. The number of fused-ring (bicyclic) bond motifs is 1. The van der Waals surface area contributed by atoms with Crippen molar-refractivity contribution in [2.45, 2.75) is 53.1 Å². The molecule has 0 saturated carbocycles. The van der Waals surface area contributed by atoms with E-state index in [2.05, 4.69) is 5.32 Å². The first-order valence-electron chi connectivity index (χ1n) is 9.79. The summed E-state index contributed by atoms with van der Waals surface area (Å²) in [5.74, 6) is 1.00. The van der Waals surface area contributed by atoms with Crippen molar-refractivity contribution in [3.05, 3.63) is 52.6 Å². The number of rotatable bonds is 4. The molecular formula is C23H27NO5. The summed E-state index contributed by atoms with van der Waals surface area (Å²) in [6.45, 7) is 9.47. The molecule has 154 valence electrons. The van der Waals surface area contributed by atoms with E-state index >= 15 is 0 Å². The van der Waals surface area contributed by atoms with Gasteiger partial charge in [0.2, 0.25) is 0 Å². The average molecular weight is 397 g/mol. The van der Waals surface area contributed by atoms with Gasteiger partial charge in [0.25, 0.3) is 5.91 Å². The van der Waals surface area contributed by atoms with Crippen molar-refractivity contribution in [2.24, 2.45) is 0 Å². The summed E-state index contributed by atoms with van der Waals surface area (Å²) in [5, 5.41) is 2.93. The van der Waals surface area contributed by atoms with Crippen molar-refractivity contribution in [3.8, 4) is 11.5 Å². The van der Waals surface area contributed by atoms with Crippen molar-refractivity contribution in [2.75, 3.05) is 11.9 Å². The monoisotopic (exact) mass is 397 g/mol. The summed E-state index contributed by atoms with van der Waals surface area (Å²) in [6.07, 6.45) is 0.433. The Bertz CT molecular complexity index is 938. The van der Waals surface area contributed by atoms with Gasteiger partial charge in [0.1, 0.15) is 11.5 Å². The van der Waals surface area contributed by atoms with E-state index in [0.717, 1.165) is 27.9 Å². The second kappa shape index (κ2) is 8.15. The molecule has 29 heavy (non-hydrogen) atoms. The first-order chi connectivity index (χ1) is 13.8. The third kappa shape index (κ3) is 4.06. The number of para-hydroxylation sites is 1. The summed E-state index contributed by atoms with van der Waals surface area (Å²) in [6, 6.07) is 9.33. The Morgan fingerprint density at radius 1 is 1.10 bits per heavy atom. The van der Waals surface area contributed by atoms with Crippen LogP contribution in [0.1, 0.15) is 42.5 Å². The van der Waals surface area contributed by atoms with Gasteiger partial charge in [-0.2, -0.15) is 0 Å². The minimum Gasteiger partial charge on any atom is -0.477 e. The molecule has 6 nitrogen and oxygen atoms in total. The Balaban J connectivity index is 1.90. The lowest BCUT2D eigenvalue weighted by molar-refractivity contribution is -0.131. The van der Waals surface area contributed by atoms with Crippen LogP contribution >= 0.6 is 0 Å². The highest BCUT2D eigenvalue weighted by Crippen LogP contribution is 2.44. The second-order valence-corrected chi connectivity index (χ2v) is 7.45. The van der Waals surface area contributed by atoms with Crippen molar-refractivity contribution >= 4 is 17.7 Å². The van der Waals surface area contributed by atoms with E-state index in [0.29, 0.717) is 24.3 Å². The predicted molar refractivity (Wildman–Crippen MR) is 111 cm³/mol. The average Bonchev–Trinajstić information content (AvgIpc) is 2.70. The van der Waals surface area contributed by atoms with Crippen LogP contribution in [0.15, 0.2) is 30.3 Å². The fraction of sp³-hybridized carbons (Fsp3) is 0.391. The minimum absolute atomic E-state index is 0.184. The molecule has 1 heterocycles. The molecule has 1 N–H and O–H groups in total. The Hall–Kier alpha value is -3.02. The van der Waals surface area contributed by atoms with Crippen molar-refractivity contribution in [1.29, 1.82) is 0 Å². The van der Waals surface area contributed by atoms with E-state index in [-0.39, 0.29) is 12.5 Å². The second-order valence-electron chi connectivity index (χ2n) is 7.45. The van der Waals surface area contributed by atoms with Crippen molar-refractivity contribution < 1.29 is 23.8 Å². The molecular weight excluding hydrogens is 370 g/mol. The summed E-state index contributed by atoms with van der Waals surface area (Å²) < 4.78 is 16.6. The molecule has 1 amide bonds. The van der Waals surface area contributed by atoms with Gasteiger partial charge in [0.05, 0.1) is 6.61 Å². The highest BCUT2D eigenvalue weighted by Gasteiger charge is 2.41. The van der Waals surface area contributed by atoms with Gasteiger partial charge in [-0.15, -0.1) is 0 Å². The van der Waals surface area contributed by atoms with Gasteiger partial charge in [-0.25, -0.2) is 4.79 Å². The molecule has 0 aromatic heterocycles. The zero-order valence-electron chi connectivity index (χ0n) is 17.5. The van der Waals surface area contributed by atoms with Crippen LogP contribution in [0.25, 0.3) is 0 Å². The number of carbonyl (C=O) groups excluding carboxylic acids is 2. The summed E-state index contributed by atoms with van der Waals surface area (Å²) in [7, 11) is 0. The summed E-state index contributed by atoms with van der Waals surface area (Å²) >= 11 is 0. The maximum absolute atomic E-state index is 12.9. The third-order valence-electron chi connectivity index (χ3n) is 5.45. The van der Waals surface area contributed by atoms with Gasteiger partial charge in [-0.3, -0.25) is 4.79 Å². The number of hydrogen-bond donors (Lipinski definition) is 1. The van der Waals surface area contributed by atoms with E-state index in [1.807, 2.05) is 51.1 Å². The number of carbonyl (C=O) groups is 2. The highest BCUT2D eigenvalue weighted by atomic mass is 16.7. The number of nitrogens with one attached hydrogen (secondary N) is 1. The molecule has 3 rings (SSSR count). The molecule has 1 aliphatic heterocycles. The molecule has 0 bridgehead atoms. The molecule has 1 unspecified atom stereocenters. The van der Waals surface area contributed by atoms with Gasteiger partial charge in [0, 0.05) is 17.7 Å². The van der Waals surface area contributed by atoms with Crippen molar-refractivity contribution in [3.63, 3.8) is 0 Å². The smallest absolute Gasteiger partial charge is 0.477 e. The summed E-state index contributed by atoms with van der Waals surface area (Å²) in [4.78, 5) is 24.8. The third-order valence-corrected chi connectivity index (χ3v) is 5.45. The zero-order valence-corrected chi connectivity index (χ0v) is 17.5. The molecule has 1 aliphatic rings. The summed E-state index contributed by atoms with van der Waals surface area (Å²) in [5.41, 5.74) is 3.18.